The van der Waals surface area contributed by atoms with Crippen LogP contribution in [-0.2, 0) is 29.3 Å². The molecular formula is C25H26F4N2O2S. The fourth-order valence-corrected chi connectivity index (χ4v) is 6.34. The van der Waals surface area contributed by atoms with E-state index in [2.05, 4.69) is 4.72 Å². The van der Waals surface area contributed by atoms with E-state index >= 15 is 4.39 Å². The van der Waals surface area contributed by atoms with E-state index in [1.54, 1.807) is 0 Å². The lowest BCUT2D eigenvalue weighted by Gasteiger charge is -2.15. The van der Waals surface area contributed by atoms with Crippen molar-refractivity contribution in [3.05, 3.63) is 59.5 Å². The summed E-state index contributed by atoms with van der Waals surface area (Å²) in [6.45, 7) is 0.683. The maximum absolute atomic E-state index is 15.3. The van der Waals surface area contributed by atoms with E-state index in [9.17, 15) is 21.6 Å². The topological polar surface area (TPSA) is 51.1 Å². The summed E-state index contributed by atoms with van der Waals surface area (Å²) in [5.74, 6) is -0.336. The third-order valence-corrected chi connectivity index (χ3v) is 8.83. The van der Waals surface area contributed by atoms with Gasteiger partial charge in [-0.25, -0.2) is 17.5 Å². The van der Waals surface area contributed by atoms with Crippen molar-refractivity contribution in [1.82, 2.24) is 9.29 Å². The summed E-state index contributed by atoms with van der Waals surface area (Å²) >= 11 is 0. The predicted molar refractivity (Wildman–Crippen MR) is 123 cm³/mol. The van der Waals surface area contributed by atoms with Gasteiger partial charge in [-0.05, 0) is 60.9 Å². The van der Waals surface area contributed by atoms with Crippen LogP contribution < -0.4 is 4.72 Å². The highest BCUT2D eigenvalue weighted by Crippen LogP contribution is 2.40. The minimum atomic E-state index is -4.61. The monoisotopic (exact) mass is 494 g/mol. The largest absolute Gasteiger partial charge is 0.417 e. The molecular weight excluding hydrogens is 468 g/mol. The van der Waals surface area contributed by atoms with Crippen molar-refractivity contribution in [2.24, 2.45) is 5.92 Å². The van der Waals surface area contributed by atoms with Crippen molar-refractivity contribution in [1.29, 1.82) is 0 Å². The Labute approximate surface area is 196 Å². The second kappa shape index (κ2) is 8.68. The van der Waals surface area contributed by atoms with Gasteiger partial charge in [0.1, 0.15) is 5.82 Å². The number of alkyl halides is 3. The first-order valence-corrected chi connectivity index (χ1v) is 13.1. The number of aromatic nitrogens is 1. The second-order valence-corrected chi connectivity index (χ2v) is 11.5. The highest BCUT2D eigenvalue weighted by Gasteiger charge is 2.36. The first kappa shape index (κ1) is 23.4. The molecule has 0 aliphatic heterocycles. The molecule has 0 unspecified atom stereocenters. The number of halogens is 4. The molecule has 2 aliphatic carbocycles. The summed E-state index contributed by atoms with van der Waals surface area (Å²) in [6, 6.07) is 7.70. The molecule has 182 valence electrons. The van der Waals surface area contributed by atoms with Crippen molar-refractivity contribution in [3.63, 3.8) is 0 Å². The van der Waals surface area contributed by atoms with Gasteiger partial charge in [0.05, 0.1) is 10.8 Å². The Hall–Kier alpha value is -2.39. The fourth-order valence-electron chi connectivity index (χ4n) is 4.99. The van der Waals surface area contributed by atoms with Crippen LogP contribution in [0, 0.1) is 11.7 Å². The minimum absolute atomic E-state index is 0.0188. The Balaban J connectivity index is 1.59. The quantitative estimate of drug-likeness (QED) is 0.396. The molecule has 1 heterocycles. The minimum Gasteiger partial charge on any atom is -0.347 e. The van der Waals surface area contributed by atoms with Crippen LogP contribution in [0.4, 0.5) is 17.6 Å². The highest BCUT2D eigenvalue weighted by molar-refractivity contribution is 7.90. The van der Waals surface area contributed by atoms with Crippen molar-refractivity contribution in [2.75, 3.05) is 0 Å². The van der Waals surface area contributed by atoms with Crippen molar-refractivity contribution in [3.8, 4) is 11.1 Å². The molecule has 0 spiro atoms. The summed E-state index contributed by atoms with van der Waals surface area (Å²) in [5.41, 5.74) is 0.0163. The first-order valence-electron chi connectivity index (χ1n) is 11.6. The number of fused-ring (bicyclic) bond motifs is 1. The molecule has 0 saturated heterocycles. The van der Waals surface area contributed by atoms with Crippen LogP contribution in [0.1, 0.15) is 49.7 Å². The lowest BCUT2D eigenvalue weighted by molar-refractivity contribution is -0.137. The average molecular weight is 495 g/mol. The van der Waals surface area contributed by atoms with Crippen LogP contribution in [0.25, 0.3) is 22.0 Å². The molecule has 0 radical (unpaired) electrons. The molecule has 2 saturated carbocycles. The van der Waals surface area contributed by atoms with Crippen LogP contribution in [0.2, 0.25) is 0 Å². The summed E-state index contributed by atoms with van der Waals surface area (Å²) in [4.78, 5) is 0. The van der Waals surface area contributed by atoms with Crippen molar-refractivity contribution >= 4 is 20.9 Å². The third-order valence-electron chi connectivity index (χ3n) is 6.93. The summed E-state index contributed by atoms with van der Waals surface area (Å²) in [7, 11) is -3.43. The van der Waals surface area contributed by atoms with Gasteiger partial charge in [0.2, 0.25) is 10.0 Å². The molecule has 3 aromatic rings. The van der Waals surface area contributed by atoms with E-state index < -0.39 is 27.6 Å². The number of sulfonamides is 1. The summed E-state index contributed by atoms with van der Waals surface area (Å²) in [5, 5.41) is 0.142. The molecule has 2 aliphatic rings. The molecule has 34 heavy (non-hydrogen) atoms. The zero-order valence-electron chi connectivity index (χ0n) is 18.5. The van der Waals surface area contributed by atoms with E-state index in [0.29, 0.717) is 41.8 Å². The Morgan fingerprint density at radius 3 is 2.38 bits per heavy atom. The molecule has 1 aromatic heterocycles. The van der Waals surface area contributed by atoms with E-state index in [1.807, 2.05) is 10.8 Å². The highest BCUT2D eigenvalue weighted by atomic mass is 32.2. The van der Waals surface area contributed by atoms with Crippen molar-refractivity contribution < 1.29 is 26.0 Å². The average Bonchev–Trinajstić information content (AvgIpc) is 3.45. The Bertz CT molecular complexity index is 1320. The van der Waals surface area contributed by atoms with Crippen LogP contribution in [0.3, 0.4) is 0 Å². The van der Waals surface area contributed by atoms with Crippen LogP contribution >= 0.6 is 0 Å². The van der Waals surface area contributed by atoms with Gasteiger partial charge >= 0.3 is 6.18 Å². The van der Waals surface area contributed by atoms with E-state index in [4.69, 9.17) is 0 Å². The van der Waals surface area contributed by atoms with Gasteiger partial charge in [-0.1, -0.05) is 31.0 Å². The fraction of sp³-hybridized carbons (Fsp3) is 0.440. The normalized spacial score (nSPS) is 17.6. The Morgan fingerprint density at radius 2 is 1.71 bits per heavy atom. The predicted octanol–water partition coefficient (Wildman–Crippen LogP) is 6.24. The number of hydrogen-bond donors (Lipinski definition) is 1. The van der Waals surface area contributed by atoms with Gasteiger partial charge in [-0.3, -0.25) is 0 Å². The molecule has 0 bridgehead atoms. The van der Waals surface area contributed by atoms with Crippen molar-refractivity contribution in [2.45, 2.75) is 63.0 Å². The lowest BCUT2D eigenvalue weighted by atomic mass is 9.97. The Kier molecular flexibility index (Phi) is 5.96. The molecule has 0 atom stereocenters. The van der Waals surface area contributed by atoms with Gasteiger partial charge in [0, 0.05) is 35.8 Å². The standard InChI is InChI=1S/C25H26F4N2O2S/c26-23-11-20-17(13-30-34(32,33)18-9-10-18)15-31(14-16-5-1-2-6-16)24(20)12-21(23)19-7-3-4-8-22(19)25(27,28)29/h3-4,7-8,11-12,15-16,18,30H,1-2,5-6,9-10,13-14H2. The van der Waals surface area contributed by atoms with Gasteiger partial charge in [0.15, 0.2) is 0 Å². The zero-order chi connectivity index (χ0) is 24.1. The van der Waals surface area contributed by atoms with Gasteiger partial charge in [-0.2, -0.15) is 13.2 Å². The molecule has 2 fully saturated rings. The van der Waals surface area contributed by atoms with Crippen LogP contribution in [0.5, 0.6) is 0 Å². The van der Waals surface area contributed by atoms with E-state index in [0.717, 1.165) is 31.7 Å². The van der Waals surface area contributed by atoms with E-state index in [-0.39, 0.29) is 22.9 Å². The molecule has 1 N–H and O–H groups in total. The van der Waals surface area contributed by atoms with E-state index in [1.165, 1.54) is 30.3 Å². The molecule has 4 nitrogen and oxygen atoms in total. The number of hydrogen-bond acceptors (Lipinski definition) is 2. The lowest BCUT2D eigenvalue weighted by Crippen LogP contribution is -2.26. The number of benzene rings is 2. The van der Waals surface area contributed by atoms with Gasteiger partial charge in [-0.15, -0.1) is 0 Å². The zero-order valence-corrected chi connectivity index (χ0v) is 19.4. The molecule has 0 amide bonds. The third kappa shape index (κ3) is 4.60. The van der Waals surface area contributed by atoms with Gasteiger partial charge < -0.3 is 4.57 Å². The SMILES string of the molecule is O=S(=O)(NCc1cn(CC2CCCC2)c2cc(-c3ccccc3C(F)(F)F)c(F)cc12)C1CC1. The number of nitrogens with zero attached hydrogens (tertiary/aromatic N) is 1. The molecule has 9 heteroatoms. The molecule has 2 aromatic carbocycles. The Morgan fingerprint density at radius 1 is 1.00 bits per heavy atom. The smallest absolute Gasteiger partial charge is 0.347 e. The molecule has 5 rings (SSSR count). The summed E-state index contributed by atoms with van der Waals surface area (Å²) in [6.07, 6.45) is 2.87. The second-order valence-electron chi connectivity index (χ2n) is 9.42. The number of nitrogens with one attached hydrogen (secondary N) is 1. The first-order chi connectivity index (χ1) is 16.1. The van der Waals surface area contributed by atoms with Gasteiger partial charge in [0.25, 0.3) is 0 Å². The van der Waals surface area contributed by atoms with Crippen LogP contribution in [-0.4, -0.2) is 18.2 Å². The van der Waals surface area contributed by atoms with Crippen LogP contribution in [0.15, 0.2) is 42.6 Å². The maximum atomic E-state index is 15.3. The maximum Gasteiger partial charge on any atom is 0.417 e. The summed E-state index contributed by atoms with van der Waals surface area (Å²) < 4.78 is 85.4. The number of rotatable bonds is 7.